The minimum Gasteiger partial charge on any atom is -0.387 e. The fourth-order valence-corrected chi connectivity index (χ4v) is 16.8. The van der Waals surface area contributed by atoms with Crippen LogP contribution < -0.4 is 0 Å². The molecule has 0 spiro atoms. The summed E-state index contributed by atoms with van der Waals surface area (Å²) in [5.41, 5.74) is -4.59. The third kappa shape index (κ3) is 9.29. The average molecular weight is 1260 g/mol. The lowest BCUT2D eigenvalue weighted by atomic mass is 9.70. The number of rotatable bonds is 21. The van der Waals surface area contributed by atoms with E-state index in [9.17, 15) is 30.6 Å². The SMILES string of the molecule is CC(CC(=O)C(O)[C@](O)(C(=O)CC(C)c1ccc2ccc3cccc4ccc1c2c34)[C@@H](O)[C@H](O)[C@@](O)(C(=O)CC(C)c1ccc2ccc3cccc4ccc1c2c34)C(O)C(=O)CC(C)c1ccc2ccc3cccc4ccc1c2c34)c1ccc2ccc3cccc4ccc1c2c34. The molecule has 0 amide bonds. The summed E-state index contributed by atoms with van der Waals surface area (Å²) >= 11 is 0. The Morgan fingerprint density at radius 3 is 0.688 bits per heavy atom. The maximum atomic E-state index is 15.8. The minimum atomic E-state index is -3.69. The fourth-order valence-electron chi connectivity index (χ4n) is 16.8. The minimum absolute atomic E-state index is 0.490. The van der Waals surface area contributed by atoms with E-state index >= 15 is 19.2 Å². The van der Waals surface area contributed by atoms with Crippen LogP contribution in [0.4, 0.5) is 0 Å². The van der Waals surface area contributed by atoms with Gasteiger partial charge in [0, 0.05) is 25.7 Å². The lowest BCUT2D eigenvalue weighted by Gasteiger charge is -2.44. The standard InChI is InChI=1S/C86H70O10/c1-45(61-33-25-57-21-17-49-9-5-13-53-29-37-65(61)77(57)73(49)53)41-69(87)81(91)85(95,71(89)43-47(3)63-35-27-59-23-19-51-11-7-15-55-31-39-67(63)79(59)75(51)55)83(93)84(94)86(96,72(90)44-48(4)64-36-28-60-24-20-52-12-8-16-56-32-40-68(64)80(60)76(52)56)82(92)70(88)42-46(2)62-34-26-58-22-18-50-10-6-14-54-30-38-66(62)78(58)74(50)54/h5-40,45-48,81-84,91-96H,41-44H2,1-4H3/t45?,46?,47?,48?,81?,82?,83-,84-,85+,86+/m0/s1. The molecule has 0 radical (unpaired) electrons. The van der Waals surface area contributed by atoms with Crippen molar-refractivity contribution in [2.24, 2.45) is 0 Å². The van der Waals surface area contributed by atoms with E-state index in [1.54, 1.807) is 27.7 Å². The lowest BCUT2D eigenvalue weighted by molar-refractivity contribution is -0.225. The van der Waals surface area contributed by atoms with E-state index in [1.807, 2.05) is 206 Å². The zero-order chi connectivity index (χ0) is 66.4. The molecule has 0 aromatic heterocycles. The smallest absolute Gasteiger partial charge is 0.184 e. The first-order valence-corrected chi connectivity index (χ1v) is 33.3. The van der Waals surface area contributed by atoms with Gasteiger partial charge < -0.3 is 30.6 Å². The third-order valence-electron chi connectivity index (χ3n) is 21.9. The molecule has 0 fully saturated rings. The Hall–Kier alpha value is -9.88. The van der Waals surface area contributed by atoms with Gasteiger partial charge in [-0.2, -0.15) is 0 Å². The van der Waals surface area contributed by atoms with Crippen molar-refractivity contribution in [2.45, 2.75) is 113 Å². The monoisotopic (exact) mass is 1260 g/mol. The predicted molar refractivity (Wildman–Crippen MR) is 387 cm³/mol. The number of benzene rings is 16. The van der Waals surface area contributed by atoms with Gasteiger partial charge in [-0.1, -0.05) is 246 Å². The summed E-state index contributed by atoms with van der Waals surface area (Å²) in [4.78, 5) is 62.0. The van der Waals surface area contributed by atoms with Crippen LogP contribution in [-0.2, 0) is 19.2 Å². The topological polar surface area (TPSA) is 190 Å². The summed E-state index contributed by atoms with van der Waals surface area (Å²) in [6, 6.07) is 71.7. The van der Waals surface area contributed by atoms with E-state index in [4.69, 9.17) is 0 Å². The summed E-state index contributed by atoms with van der Waals surface area (Å²) in [6.07, 6.45) is -14.1. The van der Waals surface area contributed by atoms with Gasteiger partial charge in [-0.15, -0.1) is 0 Å². The molecule has 0 bridgehead atoms. The number of hydrogen-bond acceptors (Lipinski definition) is 10. The number of carbonyl (C=O) groups is 4. The molecule has 10 nitrogen and oxygen atoms in total. The molecule has 10 heteroatoms. The van der Waals surface area contributed by atoms with Crippen LogP contribution in [0.15, 0.2) is 218 Å². The van der Waals surface area contributed by atoms with E-state index in [2.05, 4.69) is 12.1 Å². The molecular weight excluding hydrogens is 1190 g/mol. The zero-order valence-electron chi connectivity index (χ0n) is 53.5. The van der Waals surface area contributed by atoms with Gasteiger partial charge >= 0.3 is 0 Å². The molecular formula is C86H70O10. The van der Waals surface area contributed by atoms with E-state index < -0.39 is 108 Å². The molecule has 6 N–H and O–H groups in total. The van der Waals surface area contributed by atoms with Crippen molar-refractivity contribution in [3.63, 3.8) is 0 Å². The molecule has 0 aliphatic heterocycles. The number of ketones is 4. The number of Topliss-reactive ketones (excluding diaryl/α,β-unsaturated/α-hetero) is 4. The van der Waals surface area contributed by atoms with Gasteiger partial charge in [0.2, 0.25) is 0 Å². The molecule has 474 valence electrons. The van der Waals surface area contributed by atoms with E-state index in [-0.39, 0.29) is 0 Å². The highest BCUT2D eigenvalue weighted by Gasteiger charge is 2.62. The van der Waals surface area contributed by atoms with Crippen molar-refractivity contribution in [1.29, 1.82) is 0 Å². The van der Waals surface area contributed by atoms with Gasteiger partial charge in [0.1, 0.15) is 12.2 Å². The van der Waals surface area contributed by atoms with E-state index in [0.29, 0.717) is 11.1 Å². The second-order valence-corrected chi connectivity index (χ2v) is 27.6. The Balaban J connectivity index is 0.785. The van der Waals surface area contributed by atoms with Crippen LogP contribution >= 0.6 is 0 Å². The van der Waals surface area contributed by atoms with Crippen LogP contribution in [0.3, 0.4) is 0 Å². The second kappa shape index (κ2) is 22.9. The first kappa shape index (κ1) is 61.0. The Morgan fingerprint density at radius 2 is 0.458 bits per heavy atom. The highest BCUT2D eigenvalue weighted by atomic mass is 16.4. The second-order valence-electron chi connectivity index (χ2n) is 27.6. The van der Waals surface area contributed by atoms with Crippen molar-refractivity contribution in [3.05, 3.63) is 241 Å². The maximum Gasteiger partial charge on any atom is 0.184 e. The summed E-state index contributed by atoms with van der Waals surface area (Å²) in [5.74, 6) is -7.74. The number of aliphatic hydroxyl groups is 6. The van der Waals surface area contributed by atoms with Crippen molar-refractivity contribution in [2.75, 3.05) is 0 Å². The van der Waals surface area contributed by atoms with Gasteiger partial charge in [0.25, 0.3) is 0 Å². The highest BCUT2D eigenvalue weighted by Crippen LogP contribution is 2.46. The van der Waals surface area contributed by atoms with Gasteiger partial charge in [-0.05, 0) is 175 Å². The first-order chi connectivity index (χ1) is 46.3. The maximum absolute atomic E-state index is 15.8. The molecule has 0 aliphatic rings. The number of hydrogen-bond donors (Lipinski definition) is 6. The Bertz CT molecular complexity index is 5390. The molecule has 16 aromatic rings. The van der Waals surface area contributed by atoms with Crippen LogP contribution in [0.1, 0.15) is 99.3 Å². The number of carbonyl (C=O) groups excluding carboxylic acids is 4. The molecule has 0 heterocycles. The predicted octanol–water partition coefficient (Wildman–Crippen LogP) is 16.5. The van der Waals surface area contributed by atoms with E-state index in [1.165, 1.54) is 0 Å². The Kier molecular flexibility index (Phi) is 14.6. The fraction of sp³-hybridized carbons (Fsp3) is 0.209. The van der Waals surface area contributed by atoms with Crippen LogP contribution in [-0.4, -0.2) is 89.4 Å². The van der Waals surface area contributed by atoms with Crippen LogP contribution in [0.5, 0.6) is 0 Å². The molecule has 0 aliphatic carbocycles. The lowest BCUT2D eigenvalue weighted by Crippen LogP contribution is -2.72. The molecule has 6 unspecified atom stereocenters. The quantitative estimate of drug-likeness (QED) is 0.0378. The van der Waals surface area contributed by atoms with Gasteiger partial charge in [0.05, 0.1) is 0 Å². The molecule has 96 heavy (non-hydrogen) atoms. The van der Waals surface area contributed by atoms with Crippen molar-refractivity contribution in [3.8, 4) is 0 Å². The van der Waals surface area contributed by atoms with Crippen LogP contribution in [0, 0.1) is 0 Å². The highest BCUT2D eigenvalue weighted by molar-refractivity contribution is 6.27. The third-order valence-corrected chi connectivity index (χ3v) is 21.9. The van der Waals surface area contributed by atoms with Crippen molar-refractivity contribution >= 4 is 152 Å². The van der Waals surface area contributed by atoms with Crippen LogP contribution in [0.2, 0.25) is 0 Å². The molecule has 16 rings (SSSR count). The molecule has 10 atom stereocenters. The largest absolute Gasteiger partial charge is 0.387 e. The Labute approximate surface area is 552 Å². The normalized spacial score (nSPS) is 16.4. The first-order valence-electron chi connectivity index (χ1n) is 33.3. The molecule has 16 aromatic carbocycles. The molecule has 0 saturated heterocycles. The van der Waals surface area contributed by atoms with Crippen LogP contribution in [0.25, 0.3) is 129 Å². The summed E-state index contributed by atoms with van der Waals surface area (Å²) in [6.45, 7) is 7.04. The summed E-state index contributed by atoms with van der Waals surface area (Å²) in [5, 5.41) is 102. The Morgan fingerprint density at radius 1 is 0.271 bits per heavy atom. The summed E-state index contributed by atoms with van der Waals surface area (Å²) in [7, 11) is 0. The van der Waals surface area contributed by atoms with Crippen molar-refractivity contribution in [1.82, 2.24) is 0 Å². The van der Waals surface area contributed by atoms with Gasteiger partial charge in [-0.3, -0.25) is 19.2 Å². The summed E-state index contributed by atoms with van der Waals surface area (Å²) < 4.78 is 0. The number of aliphatic hydroxyl groups excluding tert-OH is 4. The molecule has 0 saturated carbocycles. The van der Waals surface area contributed by atoms with Gasteiger partial charge in [-0.25, -0.2) is 0 Å². The van der Waals surface area contributed by atoms with E-state index in [0.717, 1.165) is 140 Å². The zero-order valence-corrected chi connectivity index (χ0v) is 53.5. The average Bonchev–Trinajstić information content (AvgIpc) is 0.762. The van der Waals surface area contributed by atoms with Crippen molar-refractivity contribution < 1.29 is 49.8 Å². The van der Waals surface area contributed by atoms with Gasteiger partial charge in [0.15, 0.2) is 46.5 Å².